The van der Waals surface area contributed by atoms with E-state index in [1.54, 1.807) is 0 Å². The predicted molar refractivity (Wildman–Crippen MR) is 177 cm³/mol. The maximum Gasteiger partial charge on any atom is 0.0296 e. The third-order valence-corrected chi connectivity index (χ3v) is 8.77. The molecule has 0 N–H and O–H groups in total. The molecule has 0 bridgehead atoms. The van der Waals surface area contributed by atoms with Crippen LogP contribution >= 0.6 is 0 Å². The molecule has 4 aromatic carbocycles. The fourth-order valence-electron chi connectivity index (χ4n) is 6.70. The van der Waals surface area contributed by atoms with Gasteiger partial charge < -0.3 is 0 Å². The summed E-state index contributed by atoms with van der Waals surface area (Å²) < 4.78 is 0. The van der Waals surface area contributed by atoms with Gasteiger partial charge in [0.1, 0.15) is 0 Å². The van der Waals surface area contributed by atoms with Crippen molar-refractivity contribution >= 4 is 6.08 Å². The van der Waals surface area contributed by atoms with Crippen LogP contribution in [0.25, 0.3) is 28.3 Å². The second-order valence-electron chi connectivity index (χ2n) is 11.4. The quantitative estimate of drug-likeness (QED) is 0.141. The summed E-state index contributed by atoms with van der Waals surface area (Å²) in [5.41, 5.74) is 12.7. The molecule has 4 aromatic rings. The lowest BCUT2D eigenvalue weighted by molar-refractivity contribution is 0.564. The topological polar surface area (TPSA) is 0 Å². The summed E-state index contributed by atoms with van der Waals surface area (Å²) in [4.78, 5) is 0. The summed E-state index contributed by atoms with van der Waals surface area (Å²) in [6, 6.07) is 34.3. The largest absolute Gasteiger partial charge is 0.0917 e. The number of hydrogen-bond donors (Lipinski definition) is 0. The van der Waals surface area contributed by atoms with Crippen LogP contribution in [0.4, 0.5) is 0 Å². The first-order valence-corrected chi connectivity index (χ1v) is 15.3. The molecule has 1 spiro atoms. The van der Waals surface area contributed by atoms with Crippen LogP contribution in [0.3, 0.4) is 0 Å². The first-order valence-electron chi connectivity index (χ1n) is 15.3. The van der Waals surface area contributed by atoms with Gasteiger partial charge in [0.25, 0.3) is 0 Å². The van der Waals surface area contributed by atoms with Crippen LogP contribution in [0, 0.1) is 0 Å². The molecule has 0 nitrogen and oxygen atoms in total. The van der Waals surface area contributed by atoms with Gasteiger partial charge in [0.05, 0.1) is 0 Å². The van der Waals surface area contributed by atoms with Crippen molar-refractivity contribution in [2.24, 2.45) is 0 Å². The highest BCUT2D eigenvalue weighted by Crippen LogP contribution is 2.55. The molecule has 2 aliphatic rings. The Morgan fingerprint density at radius 1 is 0.561 bits per heavy atom. The van der Waals surface area contributed by atoms with E-state index in [0.717, 1.165) is 44.9 Å². The molecule has 0 heterocycles. The van der Waals surface area contributed by atoms with Crippen molar-refractivity contribution in [3.05, 3.63) is 161 Å². The smallest absolute Gasteiger partial charge is 0.0296 e. The van der Waals surface area contributed by atoms with Crippen molar-refractivity contribution in [3.8, 4) is 22.3 Å². The molecule has 0 unspecified atom stereocenters. The Balaban J connectivity index is 1.12. The van der Waals surface area contributed by atoms with Crippen LogP contribution in [0.15, 0.2) is 134 Å². The second kappa shape index (κ2) is 12.6. The molecule has 0 saturated heterocycles. The van der Waals surface area contributed by atoms with E-state index in [1.165, 1.54) is 50.1 Å². The van der Waals surface area contributed by atoms with Crippen molar-refractivity contribution < 1.29 is 0 Å². The average Bonchev–Trinajstić information content (AvgIpc) is 3.54. The van der Waals surface area contributed by atoms with Crippen molar-refractivity contribution in [1.82, 2.24) is 0 Å². The van der Waals surface area contributed by atoms with Crippen molar-refractivity contribution in [1.29, 1.82) is 0 Å². The minimum Gasteiger partial charge on any atom is -0.0917 e. The van der Waals surface area contributed by atoms with Crippen molar-refractivity contribution in [2.75, 3.05) is 0 Å². The van der Waals surface area contributed by atoms with E-state index in [9.17, 15) is 0 Å². The van der Waals surface area contributed by atoms with Gasteiger partial charge >= 0.3 is 0 Å². The minimum atomic E-state index is 0.0460. The lowest BCUT2D eigenvalue weighted by Gasteiger charge is -2.27. The maximum atomic E-state index is 2.48. The summed E-state index contributed by atoms with van der Waals surface area (Å²) in [5, 5.41) is 0. The highest BCUT2D eigenvalue weighted by Gasteiger charge is 2.46. The number of hydrogen-bond acceptors (Lipinski definition) is 0. The van der Waals surface area contributed by atoms with Gasteiger partial charge in [-0.3, -0.25) is 0 Å². The molecule has 204 valence electrons. The Hall–Kier alpha value is -4.16. The van der Waals surface area contributed by atoms with Crippen LogP contribution in [0.2, 0.25) is 0 Å². The molecule has 41 heavy (non-hydrogen) atoms. The summed E-state index contributed by atoms with van der Waals surface area (Å²) in [6.07, 6.45) is 25.7. The first kappa shape index (κ1) is 27.0. The molecule has 0 aliphatic heterocycles. The summed E-state index contributed by atoms with van der Waals surface area (Å²) in [7, 11) is 0. The molecule has 2 aliphatic carbocycles. The summed E-state index contributed by atoms with van der Waals surface area (Å²) in [5.74, 6) is 0. The molecular weight excluding hydrogens is 492 g/mol. The molecule has 0 aromatic heterocycles. The van der Waals surface area contributed by atoms with E-state index in [1.807, 2.05) is 0 Å². The van der Waals surface area contributed by atoms with Gasteiger partial charge in [0.2, 0.25) is 0 Å². The maximum absolute atomic E-state index is 2.48. The number of benzene rings is 4. The van der Waals surface area contributed by atoms with Gasteiger partial charge in [0, 0.05) is 5.41 Å². The zero-order valence-electron chi connectivity index (χ0n) is 24.2. The molecule has 0 amide bonds. The zero-order chi connectivity index (χ0) is 27.9. The SMILES string of the molecule is C/C=C\CC/C=C\CC/C=C\C/C=C/c1ccc(-c2ccc3c(c2)C2(Cc4ccccc4C2)c2ccccc2-3)cc1. The van der Waals surface area contributed by atoms with Crippen LogP contribution in [-0.4, -0.2) is 0 Å². The standard InChI is InChI=1S/C41H40/c1-2-3-4-5-6-7-8-9-10-11-12-13-18-32-23-25-33(26-24-32)34-27-28-38-37-21-16-17-22-39(37)41(40(38)29-34)30-35-19-14-15-20-36(35)31-41/h2-3,6-7,10-11,13-29H,4-5,8-9,12,30-31H2,1H3/b3-2-,7-6-,11-10-,18-13+. The molecule has 0 radical (unpaired) electrons. The fraction of sp³-hybridized carbons (Fsp3) is 0.220. The molecule has 0 atom stereocenters. The molecule has 6 rings (SSSR count). The number of unbranched alkanes of at least 4 members (excludes halogenated alkanes) is 2. The van der Waals surface area contributed by atoms with E-state index in [2.05, 4.69) is 147 Å². The number of allylic oxidation sites excluding steroid dienone is 7. The Morgan fingerprint density at radius 2 is 1.17 bits per heavy atom. The van der Waals surface area contributed by atoms with E-state index in [-0.39, 0.29) is 5.41 Å². The fourth-order valence-corrected chi connectivity index (χ4v) is 6.70. The van der Waals surface area contributed by atoms with Gasteiger partial charge in [-0.2, -0.15) is 0 Å². The van der Waals surface area contributed by atoms with E-state index < -0.39 is 0 Å². The predicted octanol–water partition coefficient (Wildman–Crippen LogP) is 11.1. The highest BCUT2D eigenvalue weighted by molar-refractivity contribution is 5.85. The number of fused-ring (bicyclic) bond motifs is 6. The monoisotopic (exact) mass is 532 g/mol. The second-order valence-corrected chi connectivity index (χ2v) is 11.4. The average molecular weight is 533 g/mol. The van der Waals surface area contributed by atoms with E-state index >= 15 is 0 Å². The third kappa shape index (κ3) is 5.70. The highest BCUT2D eigenvalue weighted by atomic mass is 14.5. The molecule has 0 saturated carbocycles. The van der Waals surface area contributed by atoms with Crippen LogP contribution in [0.5, 0.6) is 0 Å². The van der Waals surface area contributed by atoms with Gasteiger partial charge in [-0.1, -0.05) is 134 Å². The van der Waals surface area contributed by atoms with Gasteiger partial charge in [-0.05, 0) is 108 Å². The molecular formula is C41H40. The lowest BCUT2D eigenvalue weighted by atomic mass is 9.75. The van der Waals surface area contributed by atoms with Crippen molar-refractivity contribution in [3.63, 3.8) is 0 Å². The Labute approximate surface area is 246 Å². The minimum absolute atomic E-state index is 0.0460. The number of rotatable bonds is 10. The van der Waals surface area contributed by atoms with Crippen LogP contribution in [-0.2, 0) is 18.3 Å². The third-order valence-electron chi connectivity index (χ3n) is 8.77. The van der Waals surface area contributed by atoms with E-state index in [4.69, 9.17) is 0 Å². The Bertz CT molecular complexity index is 1580. The molecule has 0 fully saturated rings. The van der Waals surface area contributed by atoms with Gasteiger partial charge in [-0.25, -0.2) is 0 Å². The van der Waals surface area contributed by atoms with E-state index in [0.29, 0.717) is 0 Å². The van der Waals surface area contributed by atoms with Crippen LogP contribution in [0.1, 0.15) is 66.8 Å². The Morgan fingerprint density at radius 3 is 1.90 bits per heavy atom. The zero-order valence-corrected chi connectivity index (χ0v) is 24.2. The summed E-state index contributed by atoms with van der Waals surface area (Å²) >= 11 is 0. The van der Waals surface area contributed by atoms with Gasteiger partial charge in [-0.15, -0.1) is 0 Å². The summed E-state index contributed by atoms with van der Waals surface area (Å²) in [6.45, 7) is 2.08. The van der Waals surface area contributed by atoms with Crippen LogP contribution < -0.4 is 0 Å². The first-order chi connectivity index (χ1) is 20.3. The normalized spacial score (nSPS) is 15.0. The molecule has 0 heteroatoms. The van der Waals surface area contributed by atoms with Crippen molar-refractivity contribution in [2.45, 2.75) is 57.3 Å². The lowest BCUT2D eigenvalue weighted by Crippen LogP contribution is -2.25. The van der Waals surface area contributed by atoms with Gasteiger partial charge in [0.15, 0.2) is 0 Å². The Kier molecular flexibility index (Phi) is 8.28.